The lowest BCUT2D eigenvalue weighted by Gasteiger charge is -2.09. The van der Waals surface area contributed by atoms with Gasteiger partial charge in [0.1, 0.15) is 17.3 Å². The molecule has 1 N–H and O–H groups in total. The third-order valence-electron chi connectivity index (χ3n) is 2.19. The van der Waals surface area contributed by atoms with E-state index >= 15 is 0 Å². The van der Waals surface area contributed by atoms with Crippen molar-refractivity contribution in [2.24, 2.45) is 0 Å². The van der Waals surface area contributed by atoms with Crippen LogP contribution in [-0.4, -0.2) is 12.0 Å². The number of nitrogens with zero attached hydrogens (tertiary/aromatic N) is 1. The van der Waals surface area contributed by atoms with Crippen molar-refractivity contribution in [2.45, 2.75) is 0 Å². The maximum Gasteiger partial charge on any atom is 0.147 e. The van der Waals surface area contributed by atoms with Gasteiger partial charge in [0.25, 0.3) is 0 Å². The zero-order valence-corrected chi connectivity index (χ0v) is 11.6. The molecule has 1 heterocycles. The number of pyridine rings is 1. The summed E-state index contributed by atoms with van der Waals surface area (Å²) in [5, 5.41) is 4.09. The Morgan fingerprint density at radius 1 is 1.06 bits per heavy atom. The van der Waals surface area contributed by atoms with Crippen LogP contribution in [0, 0.1) is 0 Å². The van der Waals surface area contributed by atoms with Gasteiger partial charge in [-0.15, -0.1) is 0 Å². The van der Waals surface area contributed by atoms with Gasteiger partial charge in [-0.25, -0.2) is 4.98 Å². The van der Waals surface area contributed by atoms with Gasteiger partial charge in [0.05, 0.1) is 15.1 Å². The molecule has 0 amide bonds. The molecule has 0 spiro atoms. The minimum absolute atomic E-state index is 0.388. The van der Waals surface area contributed by atoms with Crippen LogP contribution in [-0.2, 0) is 0 Å². The summed E-state index contributed by atoms with van der Waals surface area (Å²) in [7, 11) is 1.78. The first-order valence-corrected chi connectivity index (χ1v) is 6.19. The summed E-state index contributed by atoms with van der Waals surface area (Å²) in [5.74, 6) is 1.75. The van der Waals surface area contributed by atoms with Crippen LogP contribution < -0.4 is 10.1 Å². The number of benzene rings is 1. The van der Waals surface area contributed by atoms with Gasteiger partial charge in [0.2, 0.25) is 0 Å². The Balaban J connectivity index is 2.30. The monoisotopic (exact) mass is 302 g/mol. The molecule has 0 bridgehead atoms. The number of rotatable bonds is 3. The second-order valence-corrected chi connectivity index (χ2v) is 4.65. The number of hydrogen-bond donors (Lipinski definition) is 1. The molecular formula is C12H9Cl3N2O. The molecule has 0 saturated heterocycles. The summed E-state index contributed by atoms with van der Waals surface area (Å²) >= 11 is 17.8. The molecule has 0 radical (unpaired) electrons. The van der Waals surface area contributed by atoms with Gasteiger partial charge in [-0.2, -0.15) is 0 Å². The third-order valence-corrected chi connectivity index (χ3v) is 3.21. The van der Waals surface area contributed by atoms with E-state index in [9.17, 15) is 0 Å². The SMILES string of the molecule is CNc1cc(Oc2cc(Cl)c(Cl)cc2Cl)ccn1. The Morgan fingerprint density at radius 2 is 1.78 bits per heavy atom. The van der Waals surface area contributed by atoms with Crippen LogP contribution in [0.4, 0.5) is 5.82 Å². The van der Waals surface area contributed by atoms with Crippen molar-refractivity contribution < 1.29 is 4.74 Å². The second-order valence-electron chi connectivity index (χ2n) is 3.43. The van der Waals surface area contributed by atoms with Crippen molar-refractivity contribution in [1.29, 1.82) is 0 Å². The minimum atomic E-state index is 0.388. The first-order valence-electron chi connectivity index (χ1n) is 5.06. The summed E-state index contributed by atoms with van der Waals surface area (Å²) in [6.45, 7) is 0. The molecule has 2 aromatic rings. The molecule has 0 saturated carbocycles. The predicted molar refractivity (Wildman–Crippen MR) is 75.3 cm³/mol. The summed E-state index contributed by atoms with van der Waals surface area (Å²) in [4.78, 5) is 4.08. The van der Waals surface area contributed by atoms with E-state index in [2.05, 4.69) is 10.3 Å². The predicted octanol–water partition coefficient (Wildman–Crippen LogP) is 4.88. The highest BCUT2D eigenvalue weighted by molar-refractivity contribution is 6.43. The summed E-state index contributed by atoms with van der Waals surface area (Å²) in [5.41, 5.74) is 0. The Bertz CT molecular complexity index is 575. The number of hydrogen-bond acceptors (Lipinski definition) is 3. The Kier molecular flexibility index (Phi) is 4.17. The second kappa shape index (κ2) is 5.65. The van der Waals surface area contributed by atoms with Crippen LogP contribution in [0.3, 0.4) is 0 Å². The van der Waals surface area contributed by atoms with Crippen LogP contribution in [0.5, 0.6) is 11.5 Å². The van der Waals surface area contributed by atoms with E-state index < -0.39 is 0 Å². The van der Waals surface area contributed by atoms with Gasteiger partial charge in [-0.1, -0.05) is 34.8 Å². The molecule has 1 aromatic heterocycles. The Morgan fingerprint density at radius 3 is 2.50 bits per heavy atom. The van der Waals surface area contributed by atoms with E-state index in [0.29, 0.717) is 32.4 Å². The Hall–Kier alpha value is -1.16. The number of halogens is 3. The van der Waals surface area contributed by atoms with Gasteiger partial charge in [-0.05, 0) is 12.1 Å². The smallest absolute Gasteiger partial charge is 0.147 e. The number of nitrogens with one attached hydrogen (secondary N) is 1. The van der Waals surface area contributed by atoms with Crippen molar-refractivity contribution >= 4 is 40.6 Å². The Labute approximate surface area is 120 Å². The highest BCUT2D eigenvalue weighted by atomic mass is 35.5. The molecule has 2 rings (SSSR count). The van der Waals surface area contributed by atoms with Crippen molar-refractivity contribution in [3.8, 4) is 11.5 Å². The van der Waals surface area contributed by atoms with Gasteiger partial charge in [0, 0.05) is 25.4 Å². The van der Waals surface area contributed by atoms with Gasteiger partial charge in [0.15, 0.2) is 0 Å². The van der Waals surface area contributed by atoms with Crippen molar-refractivity contribution in [3.05, 3.63) is 45.5 Å². The molecule has 0 aliphatic carbocycles. The van der Waals surface area contributed by atoms with Gasteiger partial charge < -0.3 is 10.1 Å². The number of aromatic nitrogens is 1. The summed E-state index contributed by atoms with van der Waals surface area (Å²) in [6.07, 6.45) is 1.63. The van der Waals surface area contributed by atoms with Crippen molar-refractivity contribution in [3.63, 3.8) is 0 Å². The van der Waals surface area contributed by atoms with Crippen LogP contribution in [0.15, 0.2) is 30.5 Å². The number of ether oxygens (including phenoxy) is 1. The van der Waals surface area contributed by atoms with E-state index in [1.165, 1.54) is 0 Å². The van der Waals surface area contributed by atoms with Crippen LogP contribution >= 0.6 is 34.8 Å². The van der Waals surface area contributed by atoms with Crippen molar-refractivity contribution in [1.82, 2.24) is 4.98 Å². The average Bonchev–Trinajstić information content (AvgIpc) is 2.36. The zero-order chi connectivity index (χ0) is 13.1. The molecule has 0 fully saturated rings. The lowest BCUT2D eigenvalue weighted by atomic mass is 10.3. The lowest BCUT2D eigenvalue weighted by molar-refractivity contribution is 0.482. The zero-order valence-electron chi connectivity index (χ0n) is 9.38. The quantitative estimate of drug-likeness (QED) is 0.821. The molecule has 0 atom stereocenters. The highest BCUT2D eigenvalue weighted by Gasteiger charge is 2.08. The van der Waals surface area contributed by atoms with E-state index in [4.69, 9.17) is 39.5 Å². The first kappa shape index (κ1) is 13.3. The van der Waals surface area contributed by atoms with E-state index in [1.54, 1.807) is 37.5 Å². The molecule has 94 valence electrons. The standard InChI is InChI=1S/C12H9Cl3N2O/c1-16-12-4-7(2-3-17-12)18-11-6-9(14)8(13)5-10(11)15/h2-6H,1H3,(H,16,17). The fourth-order valence-electron chi connectivity index (χ4n) is 1.32. The van der Waals surface area contributed by atoms with Crippen molar-refractivity contribution in [2.75, 3.05) is 12.4 Å². The van der Waals surface area contributed by atoms with Crippen LogP contribution in [0.1, 0.15) is 0 Å². The van der Waals surface area contributed by atoms with Crippen LogP contribution in [0.25, 0.3) is 0 Å². The normalized spacial score (nSPS) is 10.2. The molecule has 0 unspecified atom stereocenters. The maximum atomic E-state index is 6.03. The van der Waals surface area contributed by atoms with Crippen LogP contribution in [0.2, 0.25) is 15.1 Å². The van der Waals surface area contributed by atoms with Gasteiger partial charge >= 0.3 is 0 Å². The molecule has 18 heavy (non-hydrogen) atoms. The van der Waals surface area contributed by atoms with E-state index in [0.717, 1.165) is 0 Å². The topological polar surface area (TPSA) is 34.1 Å². The fraction of sp³-hybridized carbons (Fsp3) is 0.0833. The highest BCUT2D eigenvalue weighted by Crippen LogP contribution is 2.36. The van der Waals surface area contributed by atoms with E-state index in [1.807, 2.05) is 0 Å². The average molecular weight is 304 g/mol. The summed E-state index contributed by atoms with van der Waals surface area (Å²) in [6, 6.07) is 6.59. The first-order chi connectivity index (χ1) is 8.60. The number of anilines is 1. The molecule has 0 aliphatic heterocycles. The minimum Gasteiger partial charge on any atom is -0.456 e. The maximum absolute atomic E-state index is 6.03. The molecule has 0 aliphatic rings. The largest absolute Gasteiger partial charge is 0.456 e. The fourth-order valence-corrected chi connectivity index (χ4v) is 1.90. The van der Waals surface area contributed by atoms with Gasteiger partial charge in [-0.3, -0.25) is 0 Å². The summed E-state index contributed by atoms with van der Waals surface area (Å²) < 4.78 is 5.63. The molecule has 1 aromatic carbocycles. The lowest BCUT2D eigenvalue weighted by Crippen LogP contribution is -1.92. The van der Waals surface area contributed by atoms with E-state index in [-0.39, 0.29) is 0 Å². The molecule has 3 nitrogen and oxygen atoms in total. The molecular weight excluding hydrogens is 295 g/mol. The molecule has 6 heteroatoms. The third kappa shape index (κ3) is 2.99.